The molecular weight excluding hydrogens is 232 g/mol. The van der Waals surface area contributed by atoms with E-state index in [9.17, 15) is 0 Å². The summed E-state index contributed by atoms with van der Waals surface area (Å²) in [5.41, 5.74) is 3.62. The molecule has 0 amide bonds. The van der Waals surface area contributed by atoms with Crippen molar-refractivity contribution in [1.82, 2.24) is 4.98 Å². The minimum Gasteiger partial charge on any atom is -0.353 e. The lowest BCUT2D eigenvalue weighted by Gasteiger charge is -2.30. The maximum atomic E-state index is 6.10. The van der Waals surface area contributed by atoms with E-state index in [1.54, 1.807) is 0 Å². The Bertz CT molecular complexity index is 444. The maximum absolute atomic E-state index is 6.10. The molecular formula is C14H19ClN2. The largest absolute Gasteiger partial charge is 0.353 e. The molecule has 2 unspecified atom stereocenters. The van der Waals surface area contributed by atoms with Crippen LogP contribution in [-0.2, 0) is 5.88 Å². The molecule has 3 rings (SSSR count). The Balaban J connectivity index is 2.02. The number of anilines is 1. The number of hydrogen-bond donors (Lipinski definition) is 0. The zero-order valence-corrected chi connectivity index (χ0v) is 11.3. The van der Waals surface area contributed by atoms with Crippen molar-refractivity contribution in [2.75, 3.05) is 11.4 Å². The smallest absolute Gasteiger partial charge is 0.133 e. The third-order valence-corrected chi connectivity index (χ3v) is 4.54. The molecule has 2 nitrogen and oxygen atoms in total. The van der Waals surface area contributed by atoms with Crippen molar-refractivity contribution in [3.63, 3.8) is 0 Å². The molecule has 1 saturated carbocycles. The van der Waals surface area contributed by atoms with Gasteiger partial charge in [-0.2, -0.15) is 0 Å². The van der Waals surface area contributed by atoms with Crippen LogP contribution in [0.25, 0.3) is 0 Å². The van der Waals surface area contributed by atoms with Gasteiger partial charge in [-0.25, -0.2) is 4.98 Å². The van der Waals surface area contributed by atoms with Gasteiger partial charge in [0.25, 0.3) is 0 Å². The molecule has 0 N–H and O–H groups in total. The van der Waals surface area contributed by atoms with E-state index < -0.39 is 0 Å². The predicted molar refractivity (Wildman–Crippen MR) is 71.7 cm³/mol. The summed E-state index contributed by atoms with van der Waals surface area (Å²) < 4.78 is 0. The number of alkyl halides is 1. The number of aromatic nitrogens is 1. The van der Waals surface area contributed by atoms with Crippen LogP contribution >= 0.6 is 11.6 Å². The van der Waals surface area contributed by atoms with Crippen LogP contribution < -0.4 is 4.90 Å². The monoisotopic (exact) mass is 250 g/mol. The Kier molecular flexibility index (Phi) is 2.78. The van der Waals surface area contributed by atoms with Gasteiger partial charge < -0.3 is 4.90 Å². The van der Waals surface area contributed by atoms with Crippen molar-refractivity contribution in [2.45, 2.75) is 45.0 Å². The standard InChI is InChI=1S/C14H19ClN2/c1-9-5-10(2)16-14(13(9)7-15)17-8-11-3-4-12(17)6-11/h5,11-12H,3-4,6-8H2,1-2H3. The lowest BCUT2D eigenvalue weighted by Crippen LogP contribution is -2.33. The van der Waals surface area contributed by atoms with Crippen molar-refractivity contribution in [1.29, 1.82) is 0 Å². The molecule has 2 atom stereocenters. The van der Waals surface area contributed by atoms with Crippen LogP contribution in [0.5, 0.6) is 0 Å². The van der Waals surface area contributed by atoms with Gasteiger partial charge in [-0.1, -0.05) is 0 Å². The van der Waals surface area contributed by atoms with Crippen LogP contribution in [0.4, 0.5) is 5.82 Å². The molecule has 17 heavy (non-hydrogen) atoms. The van der Waals surface area contributed by atoms with Gasteiger partial charge >= 0.3 is 0 Å². The quantitative estimate of drug-likeness (QED) is 0.748. The van der Waals surface area contributed by atoms with Crippen molar-refractivity contribution in [3.05, 3.63) is 22.9 Å². The van der Waals surface area contributed by atoms with E-state index in [-0.39, 0.29) is 0 Å². The summed E-state index contributed by atoms with van der Waals surface area (Å²) >= 11 is 6.10. The highest BCUT2D eigenvalue weighted by Gasteiger charge is 2.39. The molecule has 0 aromatic carbocycles. The fourth-order valence-electron chi connectivity index (χ4n) is 3.43. The van der Waals surface area contributed by atoms with Crippen LogP contribution in [0.15, 0.2) is 6.07 Å². The molecule has 1 aromatic heterocycles. The minimum absolute atomic E-state index is 0.572. The number of fused-ring (bicyclic) bond motifs is 2. The molecule has 92 valence electrons. The van der Waals surface area contributed by atoms with Crippen molar-refractivity contribution >= 4 is 17.4 Å². The first-order chi connectivity index (χ1) is 8.19. The van der Waals surface area contributed by atoms with Crippen LogP contribution in [0.3, 0.4) is 0 Å². The summed E-state index contributed by atoms with van der Waals surface area (Å²) in [6, 6.07) is 2.85. The van der Waals surface area contributed by atoms with Gasteiger partial charge in [0.05, 0.1) is 5.88 Å². The van der Waals surface area contributed by atoms with Crippen LogP contribution in [-0.4, -0.2) is 17.6 Å². The molecule has 0 spiro atoms. The van der Waals surface area contributed by atoms with Gasteiger partial charge in [-0.3, -0.25) is 0 Å². The molecule has 3 heteroatoms. The highest BCUT2D eigenvalue weighted by Crippen LogP contribution is 2.41. The van der Waals surface area contributed by atoms with E-state index in [0.29, 0.717) is 5.88 Å². The summed E-state index contributed by atoms with van der Waals surface area (Å²) in [5.74, 6) is 2.62. The number of rotatable bonds is 2. The molecule has 1 aliphatic heterocycles. The minimum atomic E-state index is 0.572. The second-order valence-electron chi connectivity index (χ2n) is 5.50. The molecule has 1 saturated heterocycles. The van der Waals surface area contributed by atoms with E-state index >= 15 is 0 Å². The first-order valence-corrected chi connectivity index (χ1v) is 7.02. The summed E-state index contributed by atoms with van der Waals surface area (Å²) in [6.45, 7) is 5.40. The predicted octanol–water partition coefficient (Wildman–Crippen LogP) is 3.43. The average Bonchev–Trinajstić information content (AvgIpc) is 2.89. The van der Waals surface area contributed by atoms with Gasteiger partial charge in [0.15, 0.2) is 0 Å². The lowest BCUT2D eigenvalue weighted by atomic mass is 10.1. The molecule has 2 heterocycles. The first-order valence-electron chi connectivity index (χ1n) is 6.48. The van der Waals surface area contributed by atoms with Crippen molar-refractivity contribution in [3.8, 4) is 0 Å². The average molecular weight is 251 g/mol. The number of piperidine rings is 1. The Hall–Kier alpha value is -0.760. The highest BCUT2D eigenvalue weighted by atomic mass is 35.5. The van der Waals surface area contributed by atoms with Crippen LogP contribution in [0, 0.1) is 19.8 Å². The van der Waals surface area contributed by atoms with Crippen molar-refractivity contribution in [2.24, 2.45) is 5.92 Å². The van der Waals surface area contributed by atoms with Gasteiger partial charge in [0.2, 0.25) is 0 Å². The van der Waals surface area contributed by atoms with E-state index in [4.69, 9.17) is 16.6 Å². The Labute approximate surface area is 108 Å². The van der Waals surface area contributed by atoms with Gasteiger partial charge in [-0.15, -0.1) is 11.6 Å². The summed E-state index contributed by atoms with van der Waals surface area (Å²) in [7, 11) is 0. The molecule has 1 aliphatic carbocycles. The third kappa shape index (κ3) is 1.83. The van der Waals surface area contributed by atoms with Gasteiger partial charge in [-0.05, 0) is 50.7 Å². The molecule has 0 radical (unpaired) electrons. The number of hydrogen-bond acceptors (Lipinski definition) is 2. The molecule has 2 fully saturated rings. The Morgan fingerprint density at radius 3 is 2.82 bits per heavy atom. The topological polar surface area (TPSA) is 16.1 Å². The van der Waals surface area contributed by atoms with E-state index in [0.717, 1.165) is 23.5 Å². The number of halogens is 1. The van der Waals surface area contributed by atoms with Crippen LogP contribution in [0.1, 0.15) is 36.1 Å². The van der Waals surface area contributed by atoms with E-state index in [1.165, 1.54) is 36.9 Å². The number of nitrogens with zero attached hydrogens (tertiary/aromatic N) is 2. The fraction of sp³-hybridized carbons (Fsp3) is 0.643. The SMILES string of the molecule is Cc1cc(C)c(CCl)c(N2CC3CCC2C3)n1. The Morgan fingerprint density at radius 1 is 1.41 bits per heavy atom. The van der Waals surface area contributed by atoms with Gasteiger partial charge in [0, 0.05) is 23.8 Å². The molecule has 2 aliphatic rings. The molecule has 1 aromatic rings. The molecule has 2 bridgehead atoms. The van der Waals surface area contributed by atoms with E-state index in [1.807, 2.05) is 0 Å². The zero-order valence-electron chi connectivity index (χ0n) is 10.5. The first kappa shape index (κ1) is 11.3. The fourth-order valence-corrected chi connectivity index (χ4v) is 3.76. The normalized spacial score (nSPS) is 26.9. The zero-order chi connectivity index (χ0) is 12.0. The summed E-state index contributed by atoms with van der Waals surface area (Å²) in [6.07, 6.45) is 4.10. The van der Waals surface area contributed by atoms with E-state index in [2.05, 4.69) is 24.8 Å². The number of aryl methyl sites for hydroxylation is 2. The van der Waals surface area contributed by atoms with Crippen LogP contribution in [0.2, 0.25) is 0 Å². The highest BCUT2D eigenvalue weighted by molar-refractivity contribution is 6.17. The second kappa shape index (κ2) is 4.16. The second-order valence-corrected chi connectivity index (χ2v) is 5.77. The summed E-state index contributed by atoms with van der Waals surface area (Å²) in [4.78, 5) is 7.25. The third-order valence-electron chi connectivity index (χ3n) is 4.27. The Morgan fingerprint density at radius 2 is 2.24 bits per heavy atom. The maximum Gasteiger partial charge on any atom is 0.133 e. The lowest BCUT2D eigenvalue weighted by molar-refractivity contribution is 0.549. The van der Waals surface area contributed by atoms with Crippen molar-refractivity contribution < 1.29 is 0 Å². The van der Waals surface area contributed by atoms with Gasteiger partial charge in [0.1, 0.15) is 5.82 Å². The number of pyridine rings is 1. The summed E-state index contributed by atoms with van der Waals surface area (Å²) in [5, 5.41) is 0.